The Morgan fingerprint density at radius 3 is 2.56 bits per heavy atom. The Morgan fingerprint density at radius 1 is 1.03 bits per heavy atom. The first-order valence-electron chi connectivity index (χ1n) is 10.6. The van der Waals surface area contributed by atoms with Crippen LogP contribution in [0.3, 0.4) is 0 Å². The first kappa shape index (κ1) is 19.8. The summed E-state index contributed by atoms with van der Waals surface area (Å²) in [4.78, 5) is 17.9. The molecule has 1 amide bonds. The van der Waals surface area contributed by atoms with Gasteiger partial charge in [0.2, 0.25) is 0 Å². The van der Waals surface area contributed by atoms with Crippen LogP contribution in [-0.4, -0.2) is 25.2 Å². The number of furan rings is 1. The molecule has 160 valence electrons. The predicted octanol–water partition coefficient (Wildman–Crippen LogP) is 4.74. The van der Waals surface area contributed by atoms with Gasteiger partial charge in [-0.05, 0) is 50.2 Å². The van der Waals surface area contributed by atoms with E-state index in [0.29, 0.717) is 23.6 Å². The van der Waals surface area contributed by atoms with Crippen LogP contribution in [0.2, 0.25) is 0 Å². The lowest BCUT2D eigenvalue weighted by molar-refractivity contribution is 0.0950. The van der Waals surface area contributed by atoms with Crippen LogP contribution in [0.25, 0.3) is 28.2 Å². The third kappa shape index (κ3) is 3.58. The minimum absolute atomic E-state index is 0.231. The van der Waals surface area contributed by atoms with E-state index in [1.807, 2.05) is 73.7 Å². The van der Waals surface area contributed by atoms with E-state index in [9.17, 15) is 4.79 Å². The molecule has 1 N–H and O–H groups in total. The summed E-state index contributed by atoms with van der Waals surface area (Å²) >= 11 is 0. The van der Waals surface area contributed by atoms with Gasteiger partial charge < -0.3 is 14.3 Å². The molecule has 0 unspecified atom stereocenters. The lowest BCUT2D eigenvalue weighted by atomic mass is 10.2. The molecule has 0 aliphatic heterocycles. The zero-order valence-electron chi connectivity index (χ0n) is 17.9. The minimum Gasteiger partial charge on any atom is -0.460 e. The summed E-state index contributed by atoms with van der Waals surface area (Å²) in [6.45, 7) is 5.02. The Morgan fingerprint density at radius 2 is 1.81 bits per heavy atom. The number of nitrogens with one attached hydrogen (secondary N) is 1. The average Bonchev–Trinajstić information content (AvgIpc) is 3.54. The molecule has 3 heterocycles. The van der Waals surface area contributed by atoms with Gasteiger partial charge in [-0.1, -0.05) is 30.3 Å². The van der Waals surface area contributed by atoms with Crippen LogP contribution < -0.4 is 5.32 Å². The van der Waals surface area contributed by atoms with E-state index in [1.165, 1.54) is 0 Å². The highest BCUT2D eigenvalue weighted by molar-refractivity contribution is 5.99. The molecule has 0 aliphatic rings. The molecule has 0 saturated heterocycles. The second-order valence-corrected chi connectivity index (χ2v) is 7.53. The van der Waals surface area contributed by atoms with Crippen molar-refractivity contribution in [2.45, 2.75) is 26.9 Å². The van der Waals surface area contributed by atoms with E-state index in [0.717, 1.165) is 34.9 Å². The highest BCUT2D eigenvalue weighted by Crippen LogP contribution is 2.26. The molecular weight excluding hydrogens is 402 g/mol. The van der Waals surface area contributed by atoms with Gasteiger partial charge in [0.05, 0.1) is 28.8 Å². The van der Waals surface area contributed by atoms with Crippen LogP contribution in [0, 0.1) is 6.92 Å². The van der Waals surface area contributed by atoms with Gasteiger partial charge in [0, 0.05) is 12.7 Å². The zero-order chi connectivity index (χ0) is 22.1. The SMILES string of the molecule is CCn1c(CNC(=O)c2cn(-c3ccccc3)nc2-c2ccc(C)o2)nc2ccccc21. The number of hydrogen-bond acceptors (Lipinski definition) is 4. The number of imidazole rings is 1. The molecule has 3 aromatic heterocycles. The maximum Gasteiger partial charge on any atom is 0.255 e. The maximum atomic E-state index is 13.2. The van der Waals surface area contributed by atoms with E-state index in [2.05, 4.69) is 21.9 Å². The number of para-hydroxylation sites is 3. The summed E-state index contributed by atoms with van der Waals surface area (Å²) in [5.74, 6) is 1.90. The number of rotatable bonds is 6. The summed E-state index contributed by atoms with van der Waals surface area (Å²) in [7, 11) is 0. The molecule has 0 radical (unpaired) electrons. The Labute approximate surface area is 185 Å². The van der Waals surface area contributed by atoms with Crippen molar-refractivity contribution in [3.05, 3.63) is 90.1 Å². The van der Waals surface area contributed by atoms with Crippen LogP contribution >= 0.6 is 0 Å². The molecule has 0 spiro atoms. The van der Waals surface area contributed by atoms with Crippen molar-refractivity contribution in [1.82, 2.24) is 24.6 Å². The van der Waals surface area contributed by atoms with Gasteiger partial charge in [0.25, 0.3) is 5.91 Å². The van der Waals surface area contributed by atoms with Crippen molar-refractivity contribution >= 4 is 16.9 Å². The Balaban J connectivity index is 1.47. The van der Waals surface area contributed by atoms with Crippen LogP contribution in [0.1, 0.15) is 28.9 Å². The molecule has 5 rings (SSSR count). The normalized spacial score (nSPS) is 11.2. The molecule has 32 heavy (non-hydrogen) atoms. The largest absolute Gasteiger partial charge is 0.460 e. The summed E-state index contributed by atoms with van der Waals surface area (Å²) in [6, 6.07) is 21.4. The quantitative estimate of drug-likeness (QED) is 0.426. The van der Waals surface area contributed by atoms with Crippen molar-refractivity contribution < 1.29 is 9.21 Å². The van der Waals surface area contributed by atoms with Crippen molar-refractivity contribution in [2.24, 2.45) is 0 Å². The second-order valence-electron chi connectivity index (χ2n) is 7.53. The van der Waals surface area contributed by atoms with Gasteiger partial charge >= 0.3 is 0 Å². The van der Waals surface area contributed by atoms with Crippen LogP contribution in [0.4, 0.5) is 0 Å². The topological polar surface area (TPSA) is 77.9 Å². The molecule has 0 fully saturated rings. The van der Waals surface area contributed by atoms with Crippen LogP contribution in [0.15, 0.2) is 77.3 Å². The molecule has 5 aromatic rings. The number of amides is 1. The number of hydrogen-bond donors (Lipinski definition) is 1. The van der Waals surface area contributed by atoms with E-state index < -0.39 is 0 Å². The number of benzene rings is 2. The summed E-state index contributed by atoms with van der Waals surface area (Å²) < 4.78 is 9.59. The first-order valence-corrected chi connectivity index (χ1v) is 10.6. The fraction of sp³-hybridized carbons (Fsp3) is 0.160. The number of fused-ring (bicyclic) bond motifs is 1. The van der Waals surface area contributed by atoms with Gasteiger partial charge in [-0.25, -0.2) is 9.67 Å². The van der Waals surface area contributed by atoms with Crippen molar-refractivity contribution in [1.29, 1.82) is 0 Å². The summed E-state index contributed by atoms with van der Waals surface area (Å²) in [5, 5.41) is 7.67. The predicted molar refractivity (Wildman–Crippen MR) is 123 cm³/mol. The van der Waals surface area contributed by atoms with E-state index in [-0.39, 0.29) is 5.91 Å². The fourth-order valence-corrected chi connectivity index (χ4v) is 3.86. The fourth-order valence-electron chi connectivity index (χ4n) is 3.86. The second kappa shape index (κ2) is 8.19. The lowest BCUT2D eigenvalue weighted by Crippen LogP contribution is -2.25. The van der Waals surface area contributed by atoms with Crippen molar-refractivity contribution in [2.75, 3.05) is 0 Å². The van der Waals surface area contributed by atoms with Gasteiger partial charge in [0.15, 0.2) is 5.76 Å². The van der Waals surface area contributed by atoms with Crippen LogP contribution in [0.5, 0.6) is 0 Å². The van der Waals surface area contributed by atoms with Gasteiger partial charge in [-0.15, -0.1) is 0 Å². The van der Waals surface area contributed by atoms with Gasteiger partial charge in [0.1, 0.15) is 17.3 Å². The lowest BCUT2D eigenvalue weighted by Gasteiger charge is -2.07. The zero-order valence-corrected chi connectivity index (χ0v) is 17.9. The van der Waals surface area contributed by atoms with Crippen molar-refractivity contribution in [3.63, 3.8) is 0 Å². The molecule has 0 bridgehead atoms. The number of carbonyl (C=O) groups is 1. The van der Waals surface area contributed by atoms with E-state index in [1.54, 1.807) is 10.9 Å². The third-order valence-electron chi connectivity index (χ3n) is 5.41. The number of nitrogens with zero attached hydrogens (tertiary/aromatic N) is 4. The Kier molecular flexibility index (Phi) is 5.07. The van der Waals surface area contributed by atoms with E-state index in [4.69, 9.17) is 9.40 Å². The first-order chi connectivity index (χ1) is 15.6. The minimum atomic E-state index is -0.231. The van der Waals surface area contributed by atoms with Gasteiger partial charge in [-0.2, -0.15) is 5.10 Å². The van der Waals surface area contributed by atoms with Gasteiger partial charge in [-0.3, -0.25) is 4.79 Å². The van der Waals surface area contributed by atoms with Crippen LogP contribution in [-0.2, 0) is 13.1 Å². The Hall–Kier alpha value is -4.13. The highest BCUT2D eigenvalue weighted by atomic mass is 16.3. The third-order valence-corrected chi connectivity index (χ3v) is 5.41. The molecule has 0 aliphatic carbocycles. The highest BCUT2D eigenvalue weighted by Gasteiger charge is 2.21. The molecule has 7 heteroatoms. The standard InChI is InChI=1S/C25H23N5O2/c1-3-29-21-12-8-7-11-20(21)27-23(29)15-26-25(31)19-16-30(18-9-5-4-6-10-18)28-24(19)22-14-13-17(2)32-22/h4-14,16H,3,15H2,1-2H3,(H,26,31). The summed E-state index contributed by atoms with van der Waals surface area (Å²) in [5.41, 5.74) is 3.79. The molecular formula is C25H23N5O2. The number of carbonyl (C=O) groups excluding carboxylic acids is 1. The maximum absolute atomic E-state index is 13.2. The monoisotopic (exact) mass is 425 g/mol. The molecule has 0 saturated carbocycles. The summed E-state index contributed by atoms with van der Waals surface area (Å²) in [6.07, 6.45) is 1.74. The average molecular weight is 425 g/mol. The van der Waals surface area contributed by atoms with Crippen molar-refractivity contribution in [3.8, 4) is 17.1 Å². The molecule has 7 nitrogen and oxygen atoms in total. The molecule has 0 atom stereocenters. The Bertz CT molecular complexity index is 1390. The molecule has 2 aromatic carbocycles. The van der Waals surface area contributed by atoms with E-state index >= 15 is 0 Å². The smallest absolute Gasteiger partial charge is 0.255 e. The number of aromatic nitrogens is 4. The number of aryl methyl sites for hydroxylation is 2.